The van der Waals surface area contributed by atoms with Crippen molar-refractivity contribution in [1.82, 2.24) is 25.1 Å². The van der Waals surface area contributed by atoms with Crippen LogP contribution in [0.15, 0.2) is 72.8 Å². The topological polar surface area (TPSA) is 113 Å². The van der Waals surface area contributed by atoms with Gasteiger partial charge in [0.2, 0.25) is 0 Å². The van der Waals surface area contributed by atoms with Gasteiger partial charge >= 0.3 is 6.09 Å². The molecule has 5 aromatic rings. The van der Waals surface area contributed by atoms with Crippen LogP contribution in [0.4, 0.5) is 10.6 Å². The van der Waals surface area contributed by atoms with E-state index in [1.165, 1.54) is 0 Å². The number of carbonyl (C=O) groups excluding carboxylic acids is 1. The van der Waals surface area contributed by atoms with Gasteiger partial charge in [-0.25, -0.2) is 9.78 Å². The maximum absolute atomic E-state index is 12.2. The quantitative estimate of drug-likeness (QED) is 0.108. The zero-order valence-corrected chi connectivity index (χ0v) is 31.7. The lowest BCUT2D eigenvalue weighted by molar-refractivity contribution is 0.0523. The molecule has 1 amide bonds. The van der Waals surface area contributed by atoms with E-state index in [1.807, 2.05) is 71.0 Å². The number of methoxy groups -OCH3 is 2. The number of anilines is 1. The fourth-order valence-electron chi connectivity index (χ4n) is 5.81. The second-order valence-electron chi connectivity index (χ2n) is 14.1. The number of aromatic nitrogens is 4. The van der Waals surface area contributed by atoms with Crippen molar-refractivity contribution in [2.24, 2.45) is 0 Å². The number of benzene rings is 3. The van der Waals surface area contributed by atoms with Crippen molar-refractivity contribution in [2.75, 3.05) is 19.1 Å². The third-order valence-electron chi connectivity index (χ3n) is 8.36. The first-order valence-electron chi connectivity index (χ1n) is 17.9. The van der Waals surface area contributed by atoms with Crippen molar-refractivity contribution in [3.8, 4) is 17.4 Å². The number of nitrogens with one attached hydrogen (secondary N) is 1. The summed E-state index contributed by atoms with van der Waals surface area (Å²) in [6.07, 6.45) is 2.25. The molecule has 2 heterocycles. The first-order valence-corrected chi connectivity index (χ1v) is 17.9. The van der Waals surface area contributed by atoms with E-state index in [2.05, 4.69) is 58.1 Å². The molecule has 2 aromatic heterocycles. The van der Waals surface area contributed by atoms with Gasteiger partial charge < -0.3 is 33.7 Å². The van der Waals surface area contributed by atoms with E-state index in [0.717, 1.165) is 69.9 Å². The van der Waals surface area contributed by atoms with Crippen molar-refractivity contribution >= 4 is 22.9 Å². The molecule has 0 saturated heterocycles. The molecule has 276 valence electrons. The molecule has 11 heteroatoms. The van der Waals surface area contributed by atoms with Gasteiger partial charge in [0.1, 0.15) is 34.0 Å². The largest absolute Gasteiger partial charge is 0.497 e. The molecule has 0 fully saturated rings. The van der Waals surface area contributed by atoms with Crippen LogP contribution in [-0.4, -0.2) is 51.8 Å². The highest BCUT2D eigenvalue weighted by Gasteiger charge is 2.25. The van der Waals surface area contributed by atoms with Gasteiger partial charge in [-0.1, -0.05) is 61.9 Å². The van der Waals surface area contributed by atoms with Crippen LogP contribution in [0.3, 0.4) is 0 Å². The fourth-order valence-corrected chi connectivity index (χ4v) is 5.81. The van der Waals surface area contributed by atoms with Gasteiger partial charge in [0.15, 0.2) is 5.82 Å². The lowest BCUT2D eigenvalue weighted by Crippen LogP contribution is -2.32. The Hall–Kier alpha value is -5.32. The third-order valence-corrected chi connectivity index (χ3v) is 8.36. The number of rotatable bonds is 16. The number of hydrogen-bond donors (Lipinski definition) is 1. The Bertz CT molecular complexity index is 1850. The summed E-state index contributed by atoms with van der Waals surface area (Å²) in [5.41, 5.74) is 5.26. The summed E-state index contributed by atoms with van der Waals surface area (Å²) in [7, 11) is 3.34. The van der Waals surface area contributed by atoms with Gasteiger partial charge in [0.25, 0.3) is 5.88 Å². The van der Waals surface area contributed by atoms with E-state index in [1.54, 1.807) is 14.2 Å². The number of nitrogens with zero attached hydrogens (tertiary/aromatic N) is 5. The molecule has 3 aromatic carbocycles. The summed E-state index contributed by atoms with van der Waals surface area (Å²) in [6, 6.07) is 24.4. The van der Waals surface area contributed by atoms with E-state index in [4.69, 9.17) is 34.1 Å². The molecule has 0 saturated carbocycles. The summed E-state index contributed by atoms with van der Waals surface area (Å²) in [4.78, 5) is 19.7. The Labute approximate surface area is 307 Å². The molecule has 0 aliphatic carbocycles. The molecule has 0 aliphatic heterocycles. The molecular formula is C41H52N6O5. The molecule has 11 nitrogen and oxygen atoms in total. The van der Waals surface area contributed by atoms with Gasteiger partial charge in [0, 0.05) is 32.6 Å². The number of hydrogen-bond acceptors (Lipinski definition) is 9. The zero-order chi connectivity index (χ0) is 37.3. The minimum atomic E-state index is -0.554. The number of carbonyl (C=O) groups is 1. The summed E-state index contributed by atoms with van der Waals surface area (Å²) in [5.74, 6) is 3.68. The maximum Gasteiger partial charge on any atom is 0.407 e. The van der Waals surface area contributed by atoms with E-state index in [-0.39, 0.29) is 6.10 Å². The fraction of sp³-hybridized carbons (Fsp3) is 0.415. The monoisotopic (exact) mass is 708 g/mol. The highest BCUT2D eigenvalue weighted by atomic mass is 16.6. The number of alkyl carbamates (subject to hydrolysis) is 1. The van der Waals surface area contributed by atoms with Crippen LogP contribution in [0.2, 0.25) is 0 Å². The van der Waals surface area contributed by atoms with Crippen molar-refractivity contribution in [2.45, 2.75) is 98.7 Å². The maximum atomic E-state index is 12.2. The zero-order valence-electron chi connectivity index (χ0n) is 31.7. The average molecular weight is 709 g/mol. The number of ether oxygens (including phenoxy) is 4. The summed E-state index contributed by atoms with van der Waals surface area (Å²) in [6.45, 7) is 13.8. The predicted octanol–water partition coefficient (Wildman–Crippen LogP) is 8.25. The smallest absolute Gasteiger partial charge is 0.407 e. The molecule has 0 radical (unpaired) electrons. The number of amides is 1. The standard InChI is InChI=1S/C41H52N6O5/c1-9-10-11-35-43-36-37(47(35)27-32-14-12-29(13-15-32)24-42-40(48)52-41(4,5)6)39(51-28(2)3)45-44-38(36)46(25-30-16-20-33(49-7)21-17-30)26-31-18-22-34(50-8)23-19-31/h12-23,28H,9-11,24-27H2,1-8H3,(H,42,48). The molecule has 5 rings (SSSR count). The van der Waals surface area contributed by atoms with Crippen molar-refractivity contribution in [3.05, 3.63) is 101 Å². The van der Waals surface area contributed by atoms with Gasteiger partial charge in [-0.3, -0.25) is 0 Å². The molecule has 0 atom stereocenters. The van der Waals surface area contributed by atoms with Crippen LogP contribution in [-0.2, 0) is 37.3 Å². The second-order valence-corrected chi connectivity index (χ2v) is 14.1. The van der Waals surface area contributed by atoms with Gasteiger partial charge in [-0.05, 0) is 87.6 Å². The normalized spacial score (nSPS) is 11.5. The highest BCUT2D eigenvalue weighted by molar-refractivity contribution is 5.90. The van der Waals surface area contributed by atoms with Crippen LogP contribution in [0.1, 0.15) is 82.5 Å². The summed E-state index contributed by atoms with van der Waals surface area (Å²) in [5, 5.41) is 12.4. The van der Waals surface area contributed by atoms with E-state index < -0.39 is 11.7 Å². The second kappa shape index (κ2) is 17.3. The van der Waals surface area contributed by atoms with E-state index >= 15 is 0 Å². The molecular weight excluding hydrogens is 656 g/mol. The molecule has 52 heavy (non-hydrogen) atoms. The minimum Gasteiger partial charge on any atom is -0.497 e. The first-order chi connectivity index (χ1) is 25.0. The molecule has 0 unspecified atom stereocenters. The summed E-state index contributed by atoms with van der Waals surface area (Å²) < 4.78 is 24.8. The SMILES string of the molecule is CCCCc1nc2c(N(Cc3ccc(OC)cc3)Cc3ccc(OC)cc3)nnc(OC(C)C)c2n1Cc1ccc(CNC(=O)OC(C)(C)C)cc1. The highest BCUT2D eigenvalue weighted by Crippen LogP contribution is 2.34. The van der Waals surface area contributed by atoms with Crippen LogP contribution < -0.4 is 24.4 Å². The number of aryl methyl sites for hydroxylation is 1. The lowest BCUT2D eigenvalue weighted by atomic mass is 10.1. The Balaban J connectivity index is 1.55. The Morgan fingerprint density at radius 1 is 0.827 bits per heavy atom. The van der Waals surface area contributed by atoms with Crippen LogP contribution in [0.5, 0.6) is 17.4 Å². The van der Waals surface area contributed by atoms with Crippen LogP contribution in [0.25, 0.3) is 11.0 Å². The molecule has 0 bridgehead atoms. The van der Waals surface area contributed by atoms with Crippen molar-refractivity contribution in [3.63, 3.8) is 0 Å². The van der Waals surface area contributed by atoms with Gasteiger partial charge in [0.05, 0.1) is 20.3 Å². The number of unbranched alkanes of at least 4 members (excludes halogenated alkanes) is 1. The Kier molecular flexibility index (Phi) is 12.6. The van der Waals surface area contributed by atoms with Gasteiger partial charge in [-0.15, -0.1) is 10.2 Å². The van der Waals surface area contributed by atoms with Crippen molar-refractivity contribution < 1.29 is 23.7 Å². The average Bonchev–Trinajstić information content (AvgIpc) is 3.48. The molecule has 1 N–H and O–H groups in total. The van der Waals surface area contributed by atoms with E-state index in [0.29, 0.717) is 37.9 Å². The van der Waals surface area contributed by atoms with Gasteiger partial charge in [-0.2, -0.15) is 0 Å². The summed E-state index contributed by atoms with van der Waals surface area (Å²) >= 11 is 0. The minimum absolute atomic E-state index is 0.114. The number of imidazole rings is 1. The van der Waals surface area contributed by atoms with Crippen LogP contribution >= 0.6 is 0 Å². The third kappa shape index (κ3) is 10.1. The molecule has 0 spiro atoms. The van der Waals surface area contributed by atoms with Crippen LogP contribution in [0, 0.1) is 0 Å². The predicted molar refractivity (Wildman–Crippen MR) is 204 cm³/mol. The van der Waals surface area contributed by atoms with Crippen molar-refractivity contribution in [1.29, 1.82) is 0 Å². The Morgan fingerprint density at radius 2 is 1.38 bits per heavy atom. The first kappa shape index (κ1) is 37.9. The van der Waals surface area contributed by atoms with E-state index in [9.17, 15) is 4.79 Å². The number of fused-ring (bicyclic) bond motifs is 1. The lowest BCUT2D eigenvalue weighted by Gasteiger charge is -2.25. The Morgan fingerprint density at radius 3 is 1.90 bits per heavy atom. The molecule has 0 aliphatic rings.